The molecule has 4 aromatic rings. The van der Waals surface area contributed by atoms with Crippen molar-refractivity contribution in [1.29, 1.82) is 0 Å². The zero-order valence-corrected chi connectivity index (χ0v) is 21.3. The van der Waals surface area contributed by atoms with Gasteiger partial charge in [-0.1, -0.05) is 84.9 Å². The van der Waals surface area contributed by atoms with Crippen LogP contribution in [0.25, 0.3) is 22.3 Å². The first-order chi connectivity index (χ1) is 19.0. The van der Waals surface area contributed by atoms with Crippen molar-refractivity contribution in [1.82, 2.24) is 0 Å². The van der Waals surface area contributed by atoms with Crippen LogP contribution in [0.3, 0.4) is 0 Å². The highest BCUT2D eigenvalue weighted by Gasteiger charge is 2.33. The van der Waals surface area contributed by atoms with E-state index in [1.54, 1.807) is 48.5 Å². The van der Waals surface area contributed by atoms with Crippen molar-refractivity contribution in [2.75, 3.05) is 13.7 Å². The average Bonchev–Trinajstić information content (AvgIpc) is 2.99. The Morgan fingerprint density at radius 3 is 1.64 bits per heavy atom. The van der Waals surface area contributed by atoms with Gasteiger partial charge in [-0.05, 0) is 46.5 Å². The molecule has 0 unspecified atom stereocenters. The number of aliphatic imine (C=N–C) groups is 1. The highest BCUT2D eigenvalue weighted by molar-refractivity contribution is 5.91. The lowest BCUT2D eigenvalue weighted by Gasteiger charge is -2.24. The normalized spacial score (nSPS) is 13.4. The zero-order chi connectivity index (χ0) is 27.6. The molecule has 1 N–H and O–H groups in total. The summed E-state index contributed by atoms with van der Waals surface area (Å²) in [4.78, 5) is 28.9. The molecule has 7 heteroatoms. The molecule has 4 rings (SSSR count). The summed E-state index contributed by atoms with van der Waals surface area (Å²) < 4.78 is 25.3. The third kappa shape index (κ3) is 7.24. The molecule has 0 heterocycles. The topological polar surface area (TPSA) is 85.2 Å². The lowest BCUT2D eigenvalue weighted by atomic mass is 10.0. The molecular weight excluding hydrogens is 497 g/mol. The molecule has 0 aliphatic rings. The smallest absolute Gasteiger partial charge is 0.338 e. The predicted octanol–water partition coefficient (Wildman–Crippen LogP) is 5.80. The van der Waals surface area contributed by atoms with Gasteiger partial charge in [0.05, 0.1) is 11.1 Å². The van der Waals surface area contributed by atoms with E-state index in [0.29, 0.717) is 0 Å². The molecule has 198 valence electrons. The van der Waals surface area contributed by atoms with E-state index in [2.05, 4.69) is 4.99 Å². The molecule has 3 atom stereocenters. The van der Waals surface area contributed by atoms with Gasteiger partial charge in [-0.25, -0.2) is 14.0 Å². The third-order valence-corrected chi connectivity index (χ3v) is 6.07. The van der Waals surface area contributed by atoms with Gasteiger partial charge in [-0.2, -0.15) is 0 Å². The Morgan fingerprint density at radius 1 is 0.744 bits per heavy atom. The van der Waals surface area contributed by atoms with E-state index in [4.69, 9.17) is 9.47 Å². The Morgan fingerprint density at radius 2 is 1.18 bits per heavy atom. The Balaban J connectivity index is 1.39. The number of benzene rings is 4. The lowest BCUT2D eigenvalue weighted by molar-refractivity contribution is -0.0591. The van der Waals surface area contributed by atoms with Crippen LogP contribution in [0.2, 0.25) is 0 Å². The SMILES string of the molecule is CN=C[C@@H](F)[C@H](OC(=O)c1ccc(-c2ccccc2)cc1)[C@H](O)COC(=O)c1ccc(-c2ccccc2)cc1. The van der Waals surface area contributed by atoms with Crippen LogP contribution >= 0.6 is 0 Å². The number of halogens is 1. The highest BCUT2D eigenvalue weighted by atomic mass is 19.1. The molecule has 4 aromatic carbocycles. The number of ether oxygens (including phenoxy) is 2. The molecule has 0 aliphatic carbocycles. The molecule has 0 aliphatic heterocycles. The molecule has 0 aromatic heterocycles. The average molecular weight is 526 g/mol. The molecular formula is C32H28FNO5. The van der Waals surface area contributed by atoms with E-state index < -0.39 is 36.9 Å². The first-order valence-corrected chi connectivity index (χ1v) is 12.4. The van der Waals surface area contributed by atoms with Gasteiger partial charge in [0.15, 0.2) is 12.3 Å². The molecule has 39 heavy (non-hydrogen) atoms. The summed E-state index contributed by atoms with van der Waals surface area (Å²) in [6.07, 6.45) is -4.26. The van der Waals surface area contributed by atoms with Crippen LogP contribution in [-0.4, -0.2) is 55.3 Å². The van der Waals surface area contributed by atoms with Gasteiger partial charge in [0.25, 0.3) is 0 Å². The monoisotopic (exact) mass is 525 g/mol. The van der Waals surface area contributed by atoms with Gasteiger partial charge in [0.1, 0.15) is 12.7 Å². The molecule has 0 amide bonds. The number of carbonyl (C=O) groups excluding carboxylic acids is 2. The largest absolute Gasteiger partial charge is 0.459 e. The summed E-state index contributed by atoms with van der Waals surface area (Å²) in [7, 11) is 1.36. The number of aliphatic hydroxyl groups is 1. The van der Waals surface area contributed by atoms with Crippen molar-refractivity contribution in [3.63, 3.8) is 0 Å². The van der Waals surface area contributed by atoms with Crippen LogP contribution in [-0.2, 0) is 9.47 Å². The number of esters is 2. The summed E-state index contributed by atoms with van der Waals surface area (Å²) in [5, 5.41) is 10.6. The lowest BCUT2D eigenvalue weighted by Crippen LogP contribution is -2.43. The minimum atomic E-state index is -1.92. The van der Waals surface area contributed by atoms with Crippen LogP contribution in [0, 0.1) is 0 Å². The number of aliphatic hydroxyl groups excluding tert-OH is 1. The fourth-order valence-electron chi connectivity index (χ4n) is 3.97. The van der Waals surface area contributed by atoms with Crippen molar-refractivity contribution >= 4 is 18.2 Å². The van der Waals surface area contributed by atoms with Gasteiger partial charge in [-0.3, -0.25) is 4.99 Å². The molecule has 0 saturated carbocycles. The van der Waals surface area contributed by atoms with Crippen LogP contribution < -0.4 is 0 Å². The van der Waals surface area contributed by atoms with Gasteiger partial charge in [0, 0.05) is 13.3 Å². The standard InChI is InChI=1S/C32H28FNO5/c1-34-20-28(33)30(39-32(37)27-18-14-25(15-19-27)23-10-6-3-7-11-23)29(35)21-38-31(36)26-16-12-24(13-17-26)22-8-4-2-5-9-22/h2-20,28-30,35H,21H2,1H3/t28-,29-,30+/m1/s1. The molecule has 0 radical (unpaired) electrons. The minimum absolute atomic E-state index is 0.183. The van der Waals surface area contributed by atoms with Crippen LogP contribution in [0.4, 0.5) is 4.39 Å². The maximum absolute atomic E-state index is 14.8. The summed E-state index contributed by atoms with van der Waals surface area (Å²) in [5.74, 6) is -1.52. The van der Waals surface area contributed by atoms with E-state index in [-0.39, 0.29) is 11.1 Å². The second kappa shape index (κ2) is 13.3. The van der Waals surface area contributed by atoms with E-state index in [1.807, 2.05) is 60.7 Å². The van der Waals surface area contributed by atoms with Crippen LogP contribution in [0.5, 0.6) is 0 Å². The second-order valence-corrected chi connectivity index (χ2v) is 8.77. The molecule has 0 bridgehead atoms. The number of alkyl halides is 1. The first-order valence-electron chi connectivity index (χ1n) is 12.4. The molecule has 0 spiro atoms. The quantitative estimate of drug-likeness (QED) is 0.209. The summed E-state index contributed by atoms with van der Waals surface area (Å²) in [6, 6.07) is 32.7. The Bertz CT molecular complexity index is 1390. The van der Waals surface area contributed by atoms with E-state index >= 15 is 0 Å². The van der Waals surface area contributed by atoms with Crippen molar-refractivity contribution < 1.29 is 28.6 Å². The van der Waals surface area contributed by atoms with Crippen molar-refractivity contribution in [2.45, 2.75) is 18.4 Å². The zero-order valence-electron chi connectivity index (χ0n) is 21.3. The maximum atomic E-state index is 14.8. The van der Waals surface area contributed by atoms with E-state index in [1.165, 1.54) is 7.05 Å². The number of rotatable bonds is 10. The molecule has 0 saturated heterocycles. The summed E-state index contributed by atoms with van der Waals surface area (Å²) in [6.45, 7) is -0.581. The Kier molecular flexibility index (Phi) is 9.32. The predicted molar refractivity (Wildman–Crippen MR) is 149 cm³/mol. The number of nitrogens with zero attached hydrogens (tertiary/aromatic N) is 1. The summed E-state index contributed by atoms with van der Waals surface area (Å²) in [5.41, 5.74) is 4.25. The van der Waals surface area contributed by atoms with Crippen LogP contribution in [0.15, 0.2) is 114 Å². The van der Waals surface area contributed by atoms with Crippen molar-refractivity contribution in [3.8, 4) is 22.3 Å². The molecule has 0 fully saturated rings. The Labute approximate surface area is 226 Å². The molecule has 6 nitrogen and oxygen atoms in total. The summed E-state index contributed by atoms with van der Waals surface area (Å²) >= 11 is 0. The van der Waals surface area contributed by atoms with Crippen molar-refractivity contribution in [3.05, 3.63) is 120 Å². The fourth-order valence-corrected chi connectivity index (χ4v) is 3.97. The van der Waals surface area contributed by atoms with Gasteiger partial charge < -0.3 is 14.6 Å². The van der Waals surface area contributed by atoms with Gasteiger partial charge in [0.2, 0.25) is 0 Å². The highest BCUT2D eigenvalue weighted by Crippen LogP contribution is 2.22. The fraction of sp³-hybridized carbons (Fsp3) is 0.156. The van der Waals surface area contributed by atoms with Crippen molar-refractivity contribution in [2.24, 2.45) is 4.99 Å². The third-order valence-electron chi connectivity index (χ3n) is 6.07. The van der Waals surface area contributed by atoms with E-state index in [0.717, 1.165) is 28.5 Å². The maximum Gasteiger partial charge on any atom is 0.338 e. The Hall–Kier alpha value is -4.62. The number of hydrogen-bond donors (Lipinski definition) is 1. The first kappa shape index (κ1) is 27.4. The van der Waals surface area contributed by atoms with Gasteiger partial charge in [-0.15, -0.1) is 0 Å². The van der Waals surface area contributed by atoms with E-state index in [9.17, 15) is 19.1 Å². The number of carbonyl (C=O) groups is 2. The van der Waals surface area contributed by atoms with Gasteiger partial charge >= 0.3 is 11.9 Å². The van der Waals surface area contributed by atoms with Crippen LogP contribution in [0.1, 0.15) is 20.7 Å². The second-order valence-electron chi connectivity index (χ2n) is 8.77. The minimum Gasteiger partial charge on any atom is -0.459 e. The number of hydrogen-bond acceptors (Lipinski definition) is 6.